The number of aryl methyl sites for hydroxylation is 12. The number of methoxy groups -OCH3 is 1. The van der Waals surface area contributed by atoms with Crippen molar-refractivity contribution in [2.24, 2.45) is 0 Å². The molecule has 13 nitrogen and oxygen atoms in total. The van der Waals surface area contributed by atoms with Crippen LogP contribution in [-0.2, 0) is 77.5 Å². The van der Waals surface area contributed by atoms with Gasteiger partial charge in [-0.1, -0.05) is 78.3 Å². The van der Waals surface area contributed by atoms with E-state index in [1.54, 1.807) is 24.9 Å². The normalized spacial score (nSPS) is 19.6. The van der Waals surface area contributed by atoms with Gasteiger partial charge in [0.15, 0.2) is 0 Å². The summed E-state index contributed by atoms with van der Waals surface area (Å²) in [6.07, 6.45) is 18.9. The van der Waals surface area contributed by atoms with Crippen molar-refractivity contribution >= 4 is 55.7 Å². The summed E-state index contributed by atoms with van der Waals surface area (Å²) in [4.78, 5) is 30.5. The number of benzene rings is 4. The summed E-state index contributed by atoms with van der Waals surface area (Å²) in [5.74, 6) is 0.752. The molecular formula is C89H100ClFN12O. The van der Waals surface area contributed by atoms with Gasteiger partial charge in [-0.05, 0) is 238 Å². The van der Waals surface area contributed by atoms with E-state index in [9.17, 15) is 4.39 Å². The standard InChI is InChI=1S/C23H27N3O.C22H24ClN3.C22H24FN3.C22H25N3/c1-16-5-10-21-23(24-16)22-19-4-3-13-25(19)14-12-20(22)26(21)15-11-17-6-8-18(27-2)9-7-17;2*1-15-4-9-20-22(24-15)21-18-3-2-12-25(18)13-11-19(21)26(20)14-10-16-5-7-17(23)8-6-16;1-16-9-10-20-22(23-16)21-18-8-5-13-24(18)14-12-19(21)25(20)15-11-17-6-3-2-4-7-17/h5-10,19H,3-4,11-15H2,1-2H3;2*4-9,18H,2-3,10-14H2,1H3;2-4,6-7,9-10,18H,5,8,11-15H2,1H3. The Balaban J connectivity index is 0.000000103. The molecule has 12 aromatic rings. The number of pyridine rings is 4. The zero-order valence-electron chi connectivity index (χ0n) is 61.6. The average Bonchev–Trinajstić information content (AvgIpc) is 1.61. The lowest BCUT2D eigenvalue weighted by Crippen LogP contribution is -2.31. The lowest BCUT2D eigenvalue weighted by Gasteiger charge is -2.30. The predicted molar refractivity (Wildman–Crippen MR) is 419 cm³/mol. The minimum absolute atomic E-state index is 0.168. The number of rotatable bonds is 13. The summed E-state index contributed by atoms with van der Waals surface area (Å²) in [6, 6.07) is 54.4. The molecule has 15 heteroatoms. The monoisotopic (exact) mass is 1410 g/mol. The van der Waals surface area contributed by atoms with E-state index in [-0.39, 0.29) is 5.82 Å². The van der Waals surface area contributed by atoms with Gasteiger partial charge in [-0.25, -0.2) is 4.39 Å². The minimum Gasteiger partial charge on any atom is -0.497 e. The van der Waals surface area contributed by atoms with Crippen LogP contribution in [0.5, 0.6) is 5.75 Å². The summed E-state index contributed by atoms with van der Waals surface area (Å²) >= 11 is 6.03. The molecule has 0 N–H and O–H groups in total. The van der Waals surface area contributed by atoms with E-state index < -0.39 is 0 Å². The van der Waals surface area contributed by atoms with Crippen molar-refractivity contribution < 1.29 is 9.13 Å². The van der Waals surface area contributed by atoms with Crippen LogP contribution in [0.25, 0.3) is 44.1 Å². The first-order valence-electron chi connectivity index (χ1n) is 39.0. The lowest BCUT2D eigenvalue weighted by molar-refractivity contribution is 0.241. The quantitative estimate of drug-likeness (QED) is 0.112. The summed E-state index contributed by atoms with van der Waals surface area (Å²) in [5, 5.41) is 0.804. The van der Waals surface area contributed by atoms with Crippen molar-refractivity contribution in [3.8, 4) is 5.75 Å². The molecule has 0 saturated carbocycles. The van der Waals surface area contributed by atoms with Crippen molar-refractivity contribution in [3.05, 3.63) is 253 Å². The van der Waals surface area contributed by atoms with E-state index in [4.69, 9.17) is 36.3 Å². The molecule has 20 rings (SSSR count). The van der Waals surface area contributed by atoms with Crippen LogP contribution < -0.4 is 4.74 Å². The van der Waals surface area contributed by atoms with E-state index in [2.05, 4.69) is 181 Å². The smallest absolute Gasteiger partial charge is 0.123 e. The van der Waals surface area contributed by atoms with E-state index in [0.717, 1.165) is 118 Å². The lowest BCUT2D eigenvalue weighted by atomic mass is 9.98. The number of fused-ring (bicyclic) bond motifs is 20. The predicted octanol–water partition coefficient (Wildman–Crippen LogP) is 17.9. The molecule has 4 saturated heterocycles. The van der Waals surface area contributed by atoms with Gasteiger partial charge < -0.3 is 23.0 Å². The second kappa shape index (κ2) is 29.8. The number of nitrogens with zero attached hydrogens (tertiary/aromatic N) is 12. The van der Waals surface area contributed by atoms with Crippen LogP contribution in [0.15, 0.2) is 152 Å². The Morgan fingerprint density at radius 1 is 0.356 bits per heavy atom. The maximum atomic E-state index is 13.2. The molecular weight excluding hydrogens is 1310 g/mol. The zero-order valence-corrected chi connectivity index (χ0v) is 62.3. The number of hydrogen-bond donors (Lipinski definition) is 0. The maximum Gasteiger partial charge on any atom is 0.123 e. The molecule has 0 spiro atoms. The first-order chi connectivity index (χ1) is 51.0. The van der Waals surface area contributed by atoms with E-state index >= 15 is 0 Å². The number of aromatic nitrogens is 8. The van der Waals surface area contributed by atoms with Crippen LogP contribution in [0, 0.1) is 33.5 Å². The van der Waals surface area contributed by atoms with Crippen molar-refractivity contribution in [1.29, 1.82) is 0 Å². The van der Waals surface area contributed by atoms with Gasteiger partial charge in [0, 0.05) is 175 Å². The third-order valence-corrected chi connectivity index (χ3v) is 24.7. The van der Waals surface area contributed by atoms with Crippen LogP contribution in [0.4, 0.5) is 4.39 Å². The number of halogens is 2. The van der Waals surface area contributed by atoms with E-state index in [0.29, 0.717) is 24.2 Å². The molecule has 8 aromatic heterocycles. The van der Waals surface area contributed by atoms with Gasteiger partial charge in [0.1, 0.15) is 11.6 Å². The Morgan fingerprint density at radius 2 is 0.644 bits per heavy atom. The van der Waals surface area contributed by atoms with Crippen LogP contribution in [0.1, 0.15) is 166 Å². The largest absolute Gasteiger partial charge is 0.497 e. The van der Waals surface area contributed by atoms with Gasteiger partial charge in [0.05, 0.1) is 51.2 Å². The molecule has 16 heterocycles. The summed E-state index contributed by atoms with van der Waals surface area (Å²) in [7, 11) is 1.72. The Kier molecular flexibility index (Phi) is 19.7. The van der Waals surface area contributed by atoms with Gasteiger partial charge in [-0.15, -0.1) is 0 Å². The van der Waals surface area contributed by atoms with Crippen molar-refractivity contribution in [2.75, 3.05) is 59.5 Å². The molecule has 0 aliphatic carbocycles. The highest BCUT2D eigenvalue weighted by molar-refractivity contribution is 6.30. The molecule has 4 atom stereocenters. The molecule has 4 unspecified atom stereocenters. The van der Waals surface area contributed by atoms with E-state index in [1.165, 1.54) is 203 Å². The van der Waals surface area contributed by atoms with E-state index in [1.807, 2.05) is 24.3 Å². The third-order valence-electron chi connectivity index (χ3n) is 24.4. The second-order valence-electron chi connectivity index (χ2n) is 30.7. The summed E-state index contributed by atoms with van der Waals surface area (Å²) in [6.45, 7) is 22.1. The topological polar surface area (TPSA) is 93.5 Å². The number of hydrogen-bond acceptors (Lipinski definition) is 9. The molecule has 4 fully saturated rings. The van der Waals surface area contributed by atoms with Crippen LogP contribution in [-0.4, -0.2) is 117 Å². The zero-order chi connectivity index (χ0) is 70.5. The van der Waals surface area contributed by atoms with Gasteiger partial charge in [0.25, 0.3) is 0 Å². The fourth-order valence-corrected chi connectivity index (χ4v) is 19.6. The van der Waals surface area contributed by atoms with Gasteiger partial charge in [-0.3, -0.25) is 39.5 Å². The second-order valence-corrected chi connectivity index (χ2v) is 31.1. The Bertz CT molecular complexity index is 4910. The van der Waals surface area contributed by atoms with Crippen LogP contribution in [0.2, 0.25) is 5.02 Å². The molecule has 0 bridgehead atoms. The van der Waals surface area contributed by atoms with Gasteiger partial charge >= 0.3 is 0 Å². The highest BCUT2D eigenvalue weighted by Crippen LogP contribution is 2.47. The van der Waals surface area contributed by atoms with Crippen molar-refractivity contribution in [1.82, 2.24) is 57.8 Å². The van der Waals surface area contributed by atoms with Crippen LogP contribution >= 0.6 is 11.6 Å². The maximum absolute atomic E-state index is 13.2. The third kappa shape index (κ3) is 13.5. The SMILES string of the molecule is COc1ccc(CCn2c3c(c4nc(C)ccc42)C2CCCN2CC3)cc1.Cc1ccc2c(n1)c1c(n2CCc2ccc(Cl)cc2)CCN2CCCC12.Cc1ccc2c(n1)c1c(n2CCc2ccc(F)cc2)CCN2CCCC12.Cc1ccc2c(n1)c1c(n2CCc2ccccc2)CCN2CCCC12. The minimum atomic E-state index is -0.168. The average molecular weight is 1410 g/mol. The van der Waals surface area contributed by atoms with Crippen LogP contribution in [0.3, 0.4) is 0 Å². The first kappa shape index (κ1) is 68.6. The molecule has 8 aliphatic rings. The Hall–Kier alpha value is -8.50. The number of ether oxygens (including phenoxy) is 1. The molecule has 4 aromatic carbocycles. The molecule has 104 heavy (non-hydrogen) atoms. The first-order valence-corrected chi connectivity index (χ1v) is 39.4. The molecule has 0 radical (unpaired) electrons. The molecule has 536 valence electrons. The Morgan fingerprint density at radius 3 is 0.952 bits per heavy atom. The summed E-state index contributed by atoms with van der Waals surface area (Å²) < 4.78 is 28.6. The van der Waals surface area contributed by atoms with Gasteiger partial charge in [-0.2, -0.15) is 0 Å². The molecule has 8 aliphatic heterocycles. The fraction of sp³-hybridized carbons (Fsp3) is 0.416. The summed E-state index contributed by atoms with van der Waals surface area (Å²) in [5.41, 5.74) is 32.0. The van der Waals surface area contributed by atoms with Crippen molar-refractivity contribution in [3.63, 3.8) is 0 Å². The fourth-order valence-electron chi connectivity index (χ4n) is 19.5. The van der Waals surface area contributed by atoms with Crippen molar-refractivity contribution in [2.45, 2.75) is 181 Å². The molecule has 0 amide bonds. The Labute approximate surface area is 617 Å². The highest BCUT2D eigenvalue weighted by atomic mass is 35.5. The van der Waals surface area contributed by atoms with Gasteiger partial charge in [0.2, 0.25) is 0 Å². The highest BCUT2D eigenvalue weighted by Gasteiger charge is 2.40.